The standard InChI is InChI=1S/C22H24BrN5O3/c1-30-20-11-17-18(12-21(20)31-2)24-14-25-19(17)13-27-7-9-28(10-8-27)22(29)26-16-5-3-15(23)4-6-16/h3-6,11-12,14H,7-10,13H2,1-2H3,(H,26,29). The highest BCUT2D eigenvalue weighted by Crippen LogP contribution is 2.32. The van der Waals surface area contributed by atoms with E-state index in [1.54, 1.807) is 20.5 Å². The molecule has 4 rings (SSSR count). The number of benzene rings is 2. The maximum Gasteiger partial charge on any atom is 0.321 e. The van der Waals surface area contributed by atoms with Crippen molar-refractivity contribution in [3.05, 3.63) is 52.9 Å². The molecule has 0 unspecified atom stereocenters. The van der Waals surface area contributed by atoms with Crippen LogP contribution >= 0.6 is 15.9 Å². The number of hydrogen-bond acceptors (Lipinski definition) is 6. The van der Waals surface area contributed by atoms with Gasteiger partial charge < -0.3 is 19.7 Å². The van der Waals surface area contributed by atoms with Gasteiger partial charge in [-0.15, -0.1) is 0 Å². The first kappa shape index (κ1) is 21.3. The monoisotopic (exact) mass is 485 g/mol. The summed E-state index contributed by atoms with van der Waals surface area (Å²) in [5.74, 6) is 1.30. The molecule has 9 heteroatoms. The summed E-state index contributed by atoms with van der Waals surface area (Å²) in [7, 11) is 3.23. The number of carbonyl (C=O) groups is 1. The van der Waals surface area contributed by atoms with E-state index < -0.39 is 0 Å². The molecule has 1 aliphatic rings. The summed E-state index contributed by atoms with van der Waals surface area (Å²) in [6, 6.07) is 11.3. The number of rotatable bonds is 5. The number of carbonyl (C=O) groups excluding carboxylic acids is 1. The Balaban J connectivity index is 1.40. The Kier molecular flexibility index (Phi) is 6.53. The second-order valence-corrected chi connectivity index (χ2v) is 8.16. The van der Waals surface area contributed by atoms with Crippen LogP contribution in [0.25, 0.3) is 10.9 Å². The molecular weight excluding hydrogens is 462 g/mol. The fourth-order valence-corrected chi connectivity index (χ4v) is 3.88. The molecule has 0 spiro atoms. The molecule has 0 saturated carbocycles. The summed E-state index contributed by atoms with van der Waals surface area (Å²) in [5.41, 5.74) is 2.53. The molecule has 0 bridgehead atoms. The predicted octanol–water partition coefficient (Wildman–Crippen LogP) is 3.76. The summed E-state index contributed by atoms with van der Waals surface area (Å²) in [5, 5.41) is 3.89. The van der Waals surface area contributed by atoms with Gasteiger partial charge in [-0.3, -0.25) is 4.90 Å². The van der Waals surface area contributed by atoms with Crippen LogP contribution in [0, 0.1) is 0 Å². The lowest BCUT2D eigenvalue weighted by Crippen LogP contribution is -2.49. The van der Waals surface area contributed by atoms with Gasteiger partial charge in [-0.2, -0.15) is 0 Å². The molecule has 0 aliphatic carbocycles. The summed E-state index contributed by atoms with van der Waals surface area (Å²) in [6.07, 6.45) is 1.57. The summed E-state index contributed by atoms with van der Waals surface area (Å²) in [6.45, 7) is 3.53. The van der Waals surface area contributed by atoms with Crippen molar-refractivity contribution in [1.82, 2.24) is 19.8 Å². The predicted molar refractivity (Wildman–Crippen MR) is 123 cm³/mol. The van der Waals surface area contributed by atoms with E-state index >= 15 is 0 Å². The average molecular weight is 486 g/mol. The minimum absolute atomic E-state index is 0.0775. The first-order chi connectivity index (χ1) is 15.1. The lowest BCUT2D eigenvalue weighted by molar-refractivity contribution is 0.142. The molecule has 1 saturated heterocycles. The first-order valence-electron chi connectivity index (χ1n) is 9.97. The van der Waals surface area contributed by atoms with Gasteiger partial charge in [-0.25, -0.2) is 14.8 Å². The van der Waals surface area contributed by atoms with E-state index in [0.717, 1.165) is 39.8 Å². The third-order valence-corrected chi connectivity index (χ3v) is 5.88. The van der Waals surface area contributed by atoms with Crippen molar-refractivity contribution in [3.63, 3.8) is 0 Å². The van der Waals surface area contributed by atoms with E-state index in [1.807, 2.05) is 41.3 Å². The van der Waals surface area contributed by atoms with E-state index in [-0.39, 0.29) is 6.03 Å². The number of aromatic nitrogens is 2. The van der Waals surface area contributed by atoms with E-state index in [9.17, 15) is 4.79 Å². The van der Waals surface area contributed by atoms with Crippen LogP contribution in [0.2, 0.25) is 0 Å². The van der Waals surface area contributed by atoms with Gasteiger partial charge in [0.25, 0.3) is 0 Å². The Hall–Kier alpha value is -2.91. The maximum absolute atomic E-state index is 12.6. The number of methoxy groups -OCH3 is 2. The molecule has 0 radical (unpaired) electrons. The summed E-state index contributed by atoms with van der Waals surface area (Å²) in [4.78, 5) is 25.6. The maximum atomic E-state index is 12.6. The Morgan fingerprint density at radius 2 is 1.71 bits per heavy atom. The van der Waals surface area contributed by atoms with Crippen LogP contribution in [0.3, 0.4) is 0 Å². The summed E-state index contributed by atoms with van der Waals surface area (Å²) >= 11 is 3.40. The van der Waals surface area contributed by atoms with Gasteiger partial charge in [0.1, 0.15) is 6.33 Å². The number of hydrogen-bond donors (Lipinski definition) is 1. The Labute approximate surface area is 189 Å². The van der Waals surface area contributed by atoms with Crippen LogP contribution in [0.4, 0.5) is 10.5 Å². The number of fused-ring (bicyclic) bond motifs is 1. The smallest absolute Gasteiger partial charge is 0.321 e. The Morgan fingerprint density at radius 1 is 1.03 bits per heavy atom. The van der Waals surface area contributed by atoms with Gasteiger partial charge in [0.05, 0.1) is 25.4 Å². The highest BCUT2D eigenvalue weighted by atomic mass is 79.9. The quantitative estimate of drug-likeness (QED) is 0.592. The number of piperazine rings is 1. The molecule has 3 aromatic rings. The third-order valence-electron chi connectivity index (χ3n) is 5.35. The number of urea groups is 1. The van der Waals surface area contributed by atoms with Gasteiger partial charge in [-0.1, -0.05) is 15.9 Å². The molecule has 162 valence electrons. The van der Waals surface area contributed by atoms with E-state index in [1.165, 1.54) is 0 Å². The fraction of sp³-hybridized carbons (Fsp3) is 0.318. The Morgan fingerprint density at radius 3 is 2.39 bits per heavy atom. The van der Waals surface area contributed by atoms with Crippen LogP contribution in [0.5, 0.6) is 11.5 Å². The van der Waals surface area contributed by atoms with Gasteiger partial charge in [0.2, 0.25) is 0 Å². The molecule has 1 N–H and O–H groups in total. The highest BCUT2D eigenvalue weighted by molar-refractivity contribution is 9.10. The molecule has 2 heterocycles. The zero-order chi connectivity index (χ0) is 21.8. The van der Waals surface area contributed by atoms with Crippen molar-refractivity contribution >= 4 is 38.6 Å². The number of ether oxygens (including phenoxy) is 2. The van der Waals surface area contributed by atoms with Crippen molar-refractivity contribution in [2.75, 3.05) is 45.7 Å². The Bertz CT molecular complexity index is 1070. The number of halogens is 1. The van der Waals surface area contributed by atoms with E-state index in [2.05, 4.69) is 36.1 Å². The molecule has 31 heavy (non-hydrogen) atoms. The zero-order valence-electron chi connectivity index (χ0n) is 17.5. The van der Waals surface area contributed by atoms with Crippen molar-refractivity contribution in [1.29, 1.82) is 0 Å². The summed E-state index contributed by atoms with van der Waals surface area (Å²) < 4.78 is 11.8. The molecule has 1 aromatic heterocycles. The van der Waals surface area contributed by atoms with Crippen molar-refractivity contribution in [2.24, 2.45) is 0 Å². The zero-order valence-corrected chi connectivity index (χ0v) is 19.1. The van der Waals surface area contributed by atoms with Crippen LogP contribution < -0.4 is 14.8 Å². The lowest BCUT2D eigenvalue weighted by atomic mass is 10.1. The molecular formula is C22H24BrN5O3. The molecule has 0 atom stereocenters. The topological polar surface area (TPSA) is 79.8 Å². The van der Waals surface area contributed by atoms with E-state index in [4.69, 9.17) is 9.47 Å². The molecule has 8 nitrogen and oxygen atoms in total. The second-order valence-electron chi connectivity index (χ2n) is 7.24. The normalized spacial score (nSPS) is 14.5. The molecule has 1 aliphatic heterocycles. The van der Waals surface area contributed by atoms with Crippen LogP contribution in [-0.4, -0.2) is 66.2 Å². The molecule has 1 fully saturated rings. The van der Waals surface area contributed by atoms with Crippen molar-refractivity contribution < 1.29 is 14.3 Å². The number of nitrogens with zero attached hydrogens (tertiary/aromatic N) is 4. The number of amides is 2. The lowest BCUT2D eigenvalue weighted by Gasteiger charge is -2.34. The average Bonchev–Trinajstić information content (AvgIpc) is 2.80. The van der Waals surface area contributed by atoms with Gasteiger partial charge in [0.15, 0.2) is 11.5 Å². The third kappa shape index (κ3) is 4.88. The number of anilines is 1. The van der Waals surface area contributed by atoms with Crippen LogP contribution in [0.1, 0.15) is 5.69 Å². The minimum atomic E-state index is -0.0775. The van der Waals surface area contributed by atoms with Gasteiger partial charge >= 0.3 is 6.03 Å². The first-order valence-corrected chi connectivity index (χ1v) is 10.8. The van der Waals surface area contributed by atoms with Gasteiger partial charge in [0, 0.05) is 54.3 Å². The fourth-order valence-electron chi connectivity index (χ4n) is 3.62. The van der Waals surface area contributed by atoms with Crippen LogP contribution in [-0.2, 0) is 6.54 Å². The van der Waals surface area contributed by atoms with E-state index in [0.29, 0.717) is 31.1 Å². The largest absolute Gasteiger partial charge is 0.493 e. The van der Waals surface area contributed by atoms with Crippen molar-refractivity contribution in [2.45, 2.75) is 6.54 Å². The number of nitrogens with one attached hydrogen (secondary N) is 1. The second kappa shape index (κ2) is 9.49. The SMILES string of the molecule is COc1cc2ncnc(CN3CCN(C(=O)Nc4ccc(Br)cc4)CC3)c2cc1OC. The van der Waals surface area contributed by atoms with Gasteiger partial charge in [-0.05, 0) is 30.3 Å². The highest BCUT2D eigenvalue weighted by Gasteiger charge is 2.22. The minimum Gasteiger partial charge on any atom is -0.493 e. The molecule has 2 amide bonds. The van der Waals surface area contributed by atoms with Crippen LogP contribution in [0.15, 0.2) is 47.2 Å². The van der Waals surface area contributed by atoms with Crippen molar-refractivity contribution in [3.8, 4) is 11.5 Å². The molecule has 2 aromatic carbocycles.